The van der Waals surface area contributed by atoms with Crippen LogP contribution in [0.1, 0.15) is 43.1 Å². The van der Waals surface area contributed by atoms with Gasteiger partial charge in [0.05, 0.1) is 5.69 Å². The second kappa shape index (κ2) is 8.66. The summed E-state index contributed by atoms with van der Waals surface area (Å²) in [5, 5.41) is 0. The molecule has 27 heavy (non-hydrogen) atoms. The number of rotatable bonds is 6. The summed E-state index contributed by atoms with van der Waals surface area (Å²) < 4.78 is 0. The molecule has 1 aliphatic rings. The molecule has 2 aromatic rings. The molecule has 4 heteroatoms. The van der Waals surface area contributed by atoms with Crippen LogP contribution in [0.3, 0.4) is 0 Å². The summed E-state index contributed by atoms with van der Waals surface area (Å²) in [7, 11) is 0. The molecule has 144 valence electrons. The summed E-state index contributed by atoms with van der Waals surface area (Å²) in [5.74, 6) is 0.175. The number of aryl methyl sites for hydroxylation is 3. The topological polar surface area (TPSA) is 36.4 Å². The van der Waals surface area contributed by atoms with E-state index in [0.717, 1.165) is 54.4 Å². The van der Waals surface area contributed by atoms with Gasteiger partial charge in [-0.25, -0.2) is 0 Å². The summed E-state index contributed by atoms with van der Waals surface area (Å²) in [5.41, 5.74) is 6.38. The van der Waals surface area contributed by atoms with E-state index in [1.165, 1.54) is 18.4 Å². The molecule has 0 spiro atoms. The van der Waals surface area contributed by atoms with Crippen LogP contribution in [0.2, 0.25) is 0 Å². The van der Waals surface area contributed by atoms with Gasteiger partial charge in [0.1, 0.15) is 0 Å². The maximum atomic E-state index is 12.9. The lowest BCUT2D eigenvalue weighted by atomic mass is 9.96. The lowest BCUT2D eigenvalue weighted by Gasteiger charge is -2.28. The first kappa shape index (κ1) is 19.6. The van der Waals surface area contributed by atoms with Crippen LogP contribution >= 0.6 is 0 Å². The van der Waals surface area contributed by atoms with Gasteiger partial charge in [0.2, 0.25) is 5.91 Å². The second-order valence-corrected chi connectivity index (χ2v) is 7.51. The molecule has 1 saturated heterocycles. The normalized spacial score (nSPS) is 14.5. The highest BCUT2D eigenvalue weighted by atomic mass is 16.2. The smallest absolute Gasteiger partial charge is 0.226 e. The van der Waals surface area contributed by atoms with Gasteiger partial charge in [0, 0.05) is 36.5 Å². The van der Waals surface area contributed by atoms with Crippen molar-refractivity contribution >= 4 is 11.6 Å². The number of nitrogens with zero attached hydrogens (tertiary/aromatic N) is 3. The van der Waals surface area contributed by atoms with Crippen molar-refractivity contribution in [3.63, 3.8) is 0 Å². The molecule has 1 aromatic heterocycles. The number of pyridine rings is 1. The van der Waals surface area contributed by atoms with Gasteiger partial charge >= 0.3 is 0 Å². The minimum Gasteiger partial charge on any atom is -0.310 e. The standard InChI is InChI=1S/C23H31N3O/c1-5-22(27)26(15-14-25-12-8-9-13-25)21-16-18(3)24-19(4)23(21)20-11-7-6-10-17(20)2/h6-7,10-11,16H,5,8-9,12-15H2,1-4H3. The summed E-state index contributed by atoms with van der Waals surface area (Å²) in [4.78, 5) is 22.1. The lowest BCUT2D eigenvalue weighted by molar-refractivity contribution is -0.118. The molecule has 0 bridgehead atoms. The fourth-order valence-electron chi connectivity index (χ4n) is 4.03. The Kier molecular flexibility index (Phi) is 6.27. The minimum absolute atomic E-state index is 0.175. The van der Waals surface area contributed by atoms with Gasteiger partial charge in [-0.3, -0.25) is 9.78 Å². The maximum Gasteiger partial charge on any atom is 0.226 e. The fourth-order valence-corrected chi connectivity index (χ4v) is 4.03. The second-order valence-electron chi connectivity index (χ2n) is 7.51. The Bertz CT molecular complexity index is 809. The zero-order valence-electron chi connectivity index (χ0n) is 17.1. The van der Waals surface area contributed by atoms with Crippen LogP contribution in [-0.4, -0.2) is 42.0 Å². The molecular weight excluding hydrogens is 334 g/mol. The first-order valence-electron chi connectivity index (χ1n) is 10.1. The van der Waals surface area contributed by atoms with Crippen molar-refractivity contribution in [2.75, 3.05) is 31.1 Å². The molecule has 0 radical (unpaired) electrons. The molecule has 1 aromatic carbocycles. The zero-order valence-corrected chi connectivity index (χ0v) is 17.1. The molecule has 0 atom stereocenters. The van der Waals surface area contributed by atoms with Gasteiger partial charge in [-0.05, 0) is 63.9 Å². The molecule has 1 fully saturated rings. The van der Waals surface area contributed by atoms with E-state index in [1.54, 1.807) is 0 Å². The largest absolute Gasteiger partial charge is 0.310 e. The number of hydrogen-bond acceptors (Lipinski definition) is 3. The Morgan fingerprint density at radius 2 is 1.85 bits per heavy atom. The summed E-state index contributed by atoms with van der Waals surface area (Å²) in [6, 6.07) is 10.4. The van der Waals surface area contributed by atoms with Gasteiger partial charge in [0.15, 0.2) is 0 Å². The Morgan fingerprint density at radius 1 is 1.15 bits per heavy atom. The van der Waals surface area contributed by atoms with Gasteiger partial charge in [0.25, 0.3) is 0 Å². The highest BCUT2D eigenvalue weighted by Crippen LogP contribution is 2.36. The molecular formula is C23H31N3O. The van der Waals surface area contributed by atoms with Crippen molar-refractivity contribution in [2.45, 2.75) is 47.0 Å². The van der Waals surface area contributed by atoms with E-state index in [4.69, 9.17) is 4.98 Å². The predicted molar refractivity (Wildman–Crippen MR) is 112 cm³/mol. The third kappa shape index (κ3) is 4.38. The number of anilines is 1. The monoisotopic (exact) mass is 365 g/mol. The number of carbonyl (C=O) groups excluding carboxylic acids is 1. The van der Waals surface area contributed by atoms with Gasteiger partial charge in [-0.1, -0.05) is 31.2 Å². The third-order valence-electron chi connectivity index (χ3n) is 5.45. The lowest BCUT2D eigenvalue weighted by Crippen LogP contribution is -2.38. The van der Waals surface area contributed by atoms with E-state index >= 15 is 0 Å². The first-order valence-corrected chi connectivity index (χ1v) is 10.1. The number of likely N-dealkylation sites (tertiary alicyclic amines) is 1. The average molecular weight is 366 g/mol. The summed E-state index contributed by atoms with van der Waals surface area (Å²) in [6.07, 6.45) is 3.04. The van der Waals surface area contributed by atoms with E-state index in [9.17, 15) is 4.79 Å². The van der Waals surface area contributed by atoms with Crippen molar-refractivity contribution < 1.29 is 4.79 Å². The quantitative estimate of drug-likeness (QED) is 0.755. The van der Waals surface area contributed by atoms with E-state index in [1.807, 2.05) is 25.7 Å². The van der Waals surface area contributed by atoms with Crippen molar-refractivity contribution in [2.24, 2.45) is 0 Å². The van der Waals surface area contributed by atoms with E-state index in [2.05, 4.69) is 42.2 Å². The van der Waals surface area contributed by atoms with Crippen molar-refractivity contribution in [1.29, 1.82) is 0 Å². The number of hydrogen-bond donors (Lipinski definition) is 0. The third-order valence-corrected chi connectivity index (χ3v) is 5.45. The molecule has 2 heterocycles. The highest BCUT2D eigenvalue weighted by Gasteiger charge is 2.23. The SMILES string of the molecule is CCC(=O)N(CCN1CCCC1)c1cc(C)nc(C)c1-c1ccccc1C. The van der Waals surface area contributed by atoms with Gasteiger partial charge < -0.3 is 9.80 Å². The van der Waals surface area contributed by atoms with Crippen LogP contribution in [0.4, 0.5) is 5.69 Å². The van der Waals surface area contributed by atoms with E-state index in [-0.39, 0.29) is 5.91 Å². The van der Waals surface area contributed by atoms with Crippen molar-refractivity contribution in [3.05, 3.63) is 47.3 Å². The van der Waals surface area contributed by atoms with Crippen LogP contribution < -0.4 is 4.90 Å². The first-order chi connectivity index (χ1) is 13.0. The molecule has 1 amide bonds. The molecule has 0 saturated carbocycles. The van der Waals surface area contributed by atoms with Crippen molar-refractivity contribution in [3.8, 4) is 11.1 Å². The molecule has 4 nitrogen and oxygen atoms in total. The Hall–Kier alpha value is -2.20. The van der Waals surface area contributed by atoms with Gasteiger partial charge in [-0.15, -0.1) is 0 Å². The molecule has 0 N–H and O–H groups in total. The van der Waals surface area contributed by atoms with Crippen LogP contribution in [0.5, 0.6) is 0 Å². The minimum atomic E-state index is 0.175. The highest BCUT2D eigenvalue weighted by molar-refractivity contribution is 5.98. The van der Waals surface area contributed by atoms with E-state index < -0.39 is 0 Å². The molecule has 3 rings (SSSR count). The Labute approximate surface area is 163 Å². The summed E-state index contributed by atoms with van der Waals surface area (Å²) in [6.45, 7) is 12.1. The van der Waals surface area contributed by atoms with Crippen LogP contribution in [0, 0.1) is 20.8 Å². The Balaban J connectivity index is 2.05. The van der Waals surface area contributed by atoms with Gasteiger partial charge in [-0.2, -0.15) is 0 Å². The van der Waals surface area contributed by atoms with E-state index in [0.29, 0.717) is 6.42 Å². The molecule has 1 aliphatic heterocycles. The number of aromatic nitrogens is 1. The van der Waals surface area contributed by atoms with Crippen LogP contribution in [0.25, 0.3) is 11.1 Å². The number of amides is 1. The van der Waals surface area contributed by atoms with Crippen LogP contribution in [-0.2, 0) is 4.79 Å². The molecule has 0 aliphatic carbocycles. The fraction of sp³-hybridized carbons (Fsp3) is 0.478. The number of benzene rings is 1. The Morgan fingerprint density at radius 3 is 2.52 bits per heavy atom. The summed E-state index contributed by atoms with van der Waals surface area (Å²) >= 11 is 0. The zero-order chi connectivity index (χ0) is 19.4. The van der Waals surface area contributed by atoms with Crippen LogP contribution in [0.15, 0.2) is 30.3 Å². The average Bonchev–Trinajstić information content (AvgIpc) is 3.16. The molecule has 0 unspecified atom stereocenters. The maximum absolute atomic E-state index is 12.9. The number of carbonyl (C=O) groups is 1. The van der Waals surface area contributed by atoms with Crippen molar-refractivity contribution in [1.82, 2.24) is 9.88 Å². The predicted octanol–water partition coefficient (Wildman–Crippen LogP) is 4.51.